The first-order valence-corrected chi connectivity index (χ1v) is 5.31. The molecule has 0 rings (SSSR count). The summed E-state index contributed by atoms with van der Waals surface area (Å²) in [6, 6.07) is 0. The van der Waals surface area contributed by atoms with Gasteiger partial charge in [-0.15, -0.1) is 0 Å². The van der Waals surface area contributed by atoms with Gasteiger partial charge < -0.3 is 4.74 Å². The van der Waals surface area contributed by atoms with E-state index in [0.29, 0.717) is 19.4 Å². The van der Waals surface area contributed by atoms with E-state index in [9.17, 15) is 18.0 Å². The molecule has 0 aromatic heterocycles. The summed E-state index contributed by atoms with van der Waals surface area (Å²) in [7, 11) is 0. The molecule has 0 atom stereocenters. The molecule has 94 valence electrons. The van der Waals surface area contributed by atoms with Crippen molar-refractivity contribution in [1.29, 1.82) is 0 Å². The molecule has 0 aliphatic carbocycles. The second-order valence-electron chi connectivity index (χ2n) is 3.50. The van der Waals surface area contributed by atoms with Gasteiger partial charge in [0.25, 0.3) is 0 Å². The van der Waals surface area contributed by atoms with E-state index < -0.39 is 18.6 Å². The highest BCUT2D eigenvalue weighted by Crippen LogP contribution is 2.22. The summed E-state index contributed by atoms with van der Waals surface area (Å²) in [5, 5.41) is 0. The quantitative estimate of drug-likeness (QED) is 0.367. The van der Waals surface area contributed by atoms with Crippen LogP contribution in [0.3, 0.4) is 0 Å². The van der Waals surface area contributed by atoms with Crippen molar-refractivity contribution in [3.8, 4) is 0 Å². The Morgan fingerprint density at radius 3 is 2.25 bits per heavy atom. The molecule has 0 aromatic rings. The predicted molar refractivity (Wildman–Crippen MR) is 54.9 cm³/mol. The van der Waals surface area contributed by atoms with Crippen LogP contribution in [0, 0.1) is 0 Å². The fraction of sp³-hybridized carbons (Fsp3) is 0.727. The Kier molecular flexibility index (Phi) is 7.68. The minimum Gasteiger partial charge on any atom is -0.463 e. The molecule has 0 N–H and O–H groups in total. The average Bonchev–Trinajstić information content (AvgIpc) is 2.20. The van der Waals surface area contributed by atoms with E-state index in [1.807, 2.05) is 0 Å². The zero-order valence-corrected chi connectivity index (χ0v) is 9.18. The summed E-state index contributed by atoms with van der Waals surface area (Å²) in [5.41, 5.74) is 0. The summed E-state index contributed by atoms with van der Waals surface area (Å²) in [6.07, 6.45) is -0.721. The minimum absolute atomic E-state index is 0.177. The molecule has 0 aliphatic heterocycles. The maximum Gasteiger partial charge on any atom is 0.389 e. The van der Waals surface area contributed by atoms with Crippen molar-refractivity contribution < 1.29 is 22.7 Å². The third-order valence-corrected chi connectivity index (χ3v) is 2.02. The van der Waals surface area contributed by atoms with E-state index in [0.717, 1.165) is 18.9 Å². The van der Waals surface area contributed by atoms with Gasteiger partial charge >= 0.3 is 12.1 Å². The van der Waals surface area contributed by atoms with Crippen molar-refractivity contribution in [2.75, 3.05) is 6.61 Å². The van der Waals surface area contributed by atoms with Crippen LogP contribution in [0.15, 0.2) is 12.7 Å². The summed E-state index contributed by atoms with van der Waals surface area (Å²) >= 11 is 0. The van der Waals surface area contributed by atoms with Crippen LogP contribution < -0.4 is 0 Å². The topological polar surface area (TPSA) is 26.3 Å². The highest BCUT2D eigenvalue weighted by atomic mass is 19.4. The van der Waals surface area contributed by atoms with Crippen LogP contribution in [-0.4, -0.2) is 18.8 Å². The maximum absolute atomic E-state index is 11.7. The van der Waals surface area contributed by atoms with Gasteiger partial charge in [0.2, 0.25) is 0 Å². The first-order chi connectivity index (χ1) is 7.45. The lowest BCUT2D eigenvalue weighted by molar-refractivity contribution is -0.138. The Morgan fingerprint density at radius 1 is 1.12 bits per heavy atom. The van der Waals surface area contributed by atoms with Crippen LogP contribution in [0.2, 0.25) is 0 Å². The highest BCUT2D eigenvalue weighted by Gasteiger charge is 2.25. The predicted octanol–water partition coefficient (Wildman–Crippen LogP) is 3.62. The summed E-state index contributed by atoms with van der Waals surface area (Å²) in [6.45, 7) is 3.55. The fourth-order valence-electron chi connectivity index (χ4n) is 1.19. The van der Waals surface area contributed by atoms with Crippen LogP contribution in [0.1, 0.15) is 38.5 Å². The first kappa shape index (κ1) is 15.0. The second-order valence-corrected chi connectivity index (χ2v) is 3.50. The number of hydrogen-bond donors (Lipinski definition) is 0. The number of carbonyl (C=O) groups excluding carboxylic acids is 1. The van der Waals surface area contributed by atoms with Crippen molar-refractivity contribution in [3.63, 3.8) is 0 Å². The van der Waals surface area contributed by atoms with Crippen molar-refractivity contribution >= 4 is 5.97 Å². The van der Waals surface area contributed by atoms with Gasteiger partial charge in [-0.25, -0.2) is 4.79 Å². The molecule has 5 heteroatoms. The molecule has 0 radical (unpaired) electrons. The third kappa shape index (κ3) is 11.1. The molecule has 0 aromatic carbocycles. The number of carbonyl (C=O) groups is 1. The summed E-state index contributed by atoms with van der Waals surface area (Å²) in [4.78, 5) is 10.6. The molecule has 0 amide bonds. The number of rotatable bonds is 8. The van der Waals surface area contributed by atoms with E-state index in [1.165, 1.54) is 0 Å². The third-order valence-electron chi connectivity index (χ3n) is 2.02. The van der Waals surface area contributed by atoms with Crippen LogP contribution >= 0.6 is 0 Å². The standard InChI is InChI=1S/C11H17F3O2/c1-2-10(15)16-9-7-5-3-4-6-8-11(12,13)14/h2H,1,3-9H2. The molecule has 16 heavy (non-hydrogen) atoms. The zero-order chi connectivity index (χ0) is 12.4. The van der Waals surface area contributed by atoms with Gasteiger partial charge in [-0.3, -0.25) is 0 Å². The van der Waals surface area contributed by atoms with Crippen LogP contribution in [0.5, 0.6) is 0 Å². The Bertz CT molecular complexity index is 212. The minimum atomic E-state index is -4.04. The summed E-state index contributed by atoms with van der Waals surface area (Å²) in [5.74, 6) is -0.461. The second kappa shape index (κ2) is 8.19. The van der Waals surface area contributed by atoms with Crippen molar-refractivity contribution in [1.82, 2.24) is 0 Å². The van der Waals surface area contributed by atoms with Crippen molar-refractivity contribution in [3.05, 3.63) is 12.7 Å². The number of ether oxygens (including phenoxy) is 1. The number of unbranched alkanes of at least 4 members (excludes halogenated alkanes) is 4. The zero-order valence-electron chi connectivity index (χ0n) is 9.18. The van der Waals surface area contributed by atoms with Crippen molar-refractivity contribution in [2.45, 2.75) is 44.7 Å². The molecule has 0 saturated heterocycles. The molecule has 0 spiro atoms. The number of hydrogen-bond acceptors (Lipinski definition) is 2. The van der Waals surface area contributed by atoms with Gasteiger partial charge in [0, 0.05) is 12.5 Å². The fourth-order valence-corrected chi connectivity index (χ4v) is 1.19. The van der Waals surface area contributed by atoms with Gasteiger partial charge in [-0.05, 0) is 12.8 Å². The molecule has 0 bridgehead atoms. The van der Waals surface area contributed by atoms with E-state index in [1.54, 1.807) is 0 Å². The van der Waals surface area contributed by atoms with Crippen LogP contribution in [0.25, 0.3) is 0 Å². The Hall–Kier alpha value is -1.00. The number of halogens is 3. The maximum atomic E-state index is 11.7. The van der Waals surface area contributed by atoms with E-state index >= 15 is 0 Å². The highest BCUT2D eigenvalue weighted by molar-refractivity contribution is 5.81. The van der Waals surface area contributed by atoms with E-state index in [4.69, 9.17) is 4.74 Å². The monoisotopic (exact) mass is 238 g/mol. The smallest absolute Gasteiger partial charge is 0.389 e. The van der Waals surface area contributed by atoms with Gasteiger partial charge in [-0.2, -0.15) is 13.2 Å². The van der Waals surface area contributed by atoms with Gasteiger partial charge in [-0.1, -0.05) is 25.8 Å². The molecule has 0 unspecified atom stereocenters. The van der Waals surface area contributed by atoms with Crippen LogP contribution in [-0.2, 0) is 9.53 Å². The number of alkyl halides is 3. The summed E-state index contributed by atoms with van der Waals surface area (Å²) < 4.78 is 40.0. The largest absolute Gasteiger partial charge is 0.463 e. The normalized spacial score (nSPS) is 11.2. The Balaban J connectivity index is 3.16. The van der Waals surface area contributed by atoms with E-state index in [-0.39, 0.29) is 6.42 Å². The average molecular weight is 238 g/mol. The molecular weight excluding hydrogens is 221 g/mol. The first-order valence-electron chi connectivity index (χ1n) is 5.31. The molecule has 0 saturated carbocycles. The van der Waals surface area contributed by atoms with E-state index in [2.05, 4.69) is 6.58 Å². The molecule has 0 fully saturated rings. The molecule has 0 aliphatic rings. The lowest BCUT2D eigenvalue weighted by atomic mass is 10.1. The SMILES string of the molecule is C=CC(=O)OCCCCCCCC(F)(F)F. The lowest BCUT2D eigenvalue weighted by Crippen LogP contribution is -2.06. The Labute approximate surface area is 93.5 Å². The van der Waals surface area contributed by atoms with Crippen molar-refractivity contribution in [2.24, 2.45) is 0 Å². The molecular formula is C11H17F3O2. The Morgan fingerprint density at radius 2 is 1.69 bits per heavy atom. The van der Waals surface area contributed by atoms with Gasteiger partial charge in [0.15, 0.2) is 0 Å². The van der Waals surface area contributed by atoms with Crippen LogP contribution in [0.4, 0.5) is 13.2 Å². The van der Waals surface area contributed by atoms with Gasteiger partial charge in [0.1, 0.15) is 0 Å². The molecule has 0 heterocycles. The van der Waals surface area contributed by atoms with Gasteiger partial charge in [0.05, 0.1) is 6.61 Å². The number of esters is 1. The molecule has 2 nitrogen and oxygen atoms in total. The lowest BCUT2D eigenvalue weighted by Gasteiger charge is -2.05.